The number of nitrogens with zero attached hydrogens (tertiary/aromatic N) is 5. The van der Waals surface area contributed by atoms with Gasteiger partial charge in [-0.15, -0.1) is 0 Å². The van der Waals surface area contributed by atoms with E-state index in [-0.39, 0.29) is 22.4 Å². The number of benzene rings is 1. The van der Waals surface area contributed by atoms with Crippen LogP contribution in [0.15, 0.2) is 34.0 Å². The van der Waals surface area contributed by atoms with Crippen LogP contribution in [0.1, 0.15) is 54.7 Å². The summed E-state index contributed by atoms with van der Waals surface area (Å²) < 4.78 is 35.2. The van der Waals surface area contributed by atoms with E-state index in [1.54, 1.807) is 28.7 Å². The lowest BCUT2D eigenvalue weighted by Gasteiger charge is -2.31. The van der Waals surface area contributed by atoms with Gasteiger partial charge in [0.1, 0.15) is 5.82 Å². The first-order valence-corrected chi connectivity index (χ1v) is 13.4. The van der Waals surface area contributed by atoms with E-state index in [9.17, 15) is 18.0 Å². The summed E-state index contributed by atoms with van der Waals surface area (Å²) in [6, 6.07) is 6.26. The van der Waals surface area contributed by atoms with Crippen LogP contribution in [0.4, 0.5) is 0 Å². The minimum absolute atomic E-state index is 0.105. The number of likely N-dealkylation sites (tertiary alicyclic amines) is 1. The van der Waals surface area contributed by atoms with Crippen LogP contribution in [0.3, 0.4) is 0 Å². The summed E-state index contributed by atoms with van der Waals surface area (Å²) in [6.07, 6.45) is 3.20. The summed E-state index contributed by atoms with van der Waals surface area (Å²) in [7, 11) is -1.90. The Bertz CT molecular complexity index is 1160. The van der Waals surface area contributed by atoms with Gasteiger partial charge in [-0.2, -0.15) is 9.40 Å². The lowest BCUT2D eigenvalue weighted by molar-refractivity contribution is 0.0710. The van der Waals surface area contributed by atoms with Gasteiger partial charge in [0.25, 0.3) is 5.91 Å². The highest BCUT2D eigenvalue weighted by Gasteiger charge is 2.30. The molecule has 0 aliphatic carbocycles. The number of carbonyl (C=O) groups excluding carboxylic acids is 1. The molecule has 0 radical (unpaired) electrons. The molecule has 2 fully saturated rings. The van der Waals surface area contributed by atoms with Crippen molar-refractivity contribution in [1.29, 1.82) is 0 Å². The number of sulfonamides is 1. The van der Waals surface area contributed by atoms with Crippen molar-refractivity contribution in [3.63, 3.8) is 0 Å². The summed E-state index contributed by atoms with van der Waals surface area (Å²) in [5, 5.41) is 4.56. The molecule has 4 rings (SSSR count). The average Bonchev–Trinajstić information content (AvgIpc) is 3.51. The van der Waals surface area contributed by atoms with Gasteiger partial charge < -0.3 is 9.64 Å². The highest BCUT2D eigenvalue weighted by Crippen LogP contribution is 2.27. The highest BCUT2D eigenvalue weighted by molar-refractivity contribution is 7.89. The maximum absolute atomic E-state index is 13.0. The predicted molar refractivity (Wildman–Crippen MR) is 126 cm³/mol. The number of aromatic nitrogens is 3. The standard InChI is InChI=1S/C23H33N5O5S/c1-3-27-21(24-28(23(27)30)16-17-33-2)18-10-14-25(15-11-18)22(29)19-6-8-20(9-7-19)34(31,32)26-12-4-5-13-26/h6-9,18H,3-5,10-17H2,1-2H3. The van der Waals surface area contributed by atoms with Crippen molar-refractivity contribution < 1.29 is 17.9 Å². The summed E-state index contributed by atoms with van der Waals surface area (Å²) in [5.74, 6) is 0.766. The van der Waals surface area contributed by atoms with Gasteiger partial charge in [-0.05, 0) is 56.9 Å². The summed E-state index contributed by atoms with van der Waals surface area (Å²) >= 11 is 0. The Morgan fingerprint density at radius 3 is 2.32 bits per heavy atom. The lowest BCUT2D eigenvalue weighted by atomic mass is 9.95. The van der Waals surface area contributed by atoms with E-state index in [2.05, 4.69) is 5.10 Å². The highest BCUT2D eigenvalue weighted by atomic mass is 32.2. The van der Waals surface area contributed by atoms with Gasteiger partial charge in [-0.3, -0.25) is 9.36 Å². The predicted octanol–water partition coefficient (Wildman–Crippen LogP) is 1.52. The first kappa shape index (κ1) is 24.6. The Morgan fingerprint density at radius 1 is 1.09 bits per heavy atom. The third kappa shape index (κ3) is 4.82. The van der Waals surface area contributed by atoms with Crippen LogP contribution in [0.25, 0.3) is 0 Å². The normalized spacial score (nSPS) is 18.0. The largest absolute Gasteiger partial charge is 0.383 e. The van der Waals surface area contributed by atoms with Gasteiger partial charge >= 0.3 is 5.69 Å². The Morgan fingerprint density at radius 2 is 1.74 bits per heavy atom. The second kappa shape index (κ2) is 10.4. The topological polar surface area (TPSA) is 107 Å². The van der Waals surface area contributed by atoms with Crippen LogP contribution in [-0.2, 0) is 27.8 Å². The first-order valence-electron chi connectivity index (χ1n) is 11.9. The van der Waals surface area contributed by atoms with Crippen molar-refractivity contribution in [1.82, 2.24) is 23.6 Å². The van der Waals surface area contributed by atoms with Crippen molar-refractivity contribution in [3.05, 3.63) is 46.1 Å². The van der Waals surface area contributed by atoms with E-state index >= 15 is 0 Å². The number of rotatable bonds is 8. The van der Waals surface area contributed by atoms with Gasteiger partial charge in [-0.1, -0.05) is 0 Å². The van der Waals surface area contributed by atoms with Crippen molar-refractivity contribution in [2.45, 2.75) is 56.5 Å². The Balaban J connectivity index is 1.41. The third-order valence-electron chi connectivity index (χ3n) is 6.73. The Hall–Kier alpha value is -2.50. The number of amides is 1. The van der Waals surface area contributed by atoms with Gasteiger partial charge in [0.15, 0.2) is 0 Å². The zero-order chi connectivity index (χ0) is 24.3. The number of methoxy groups -OCH3 is 1. The molecular weight excluding hydrogens is 458 g/mol. The molecular formula is C23H33N5O5S. The monoisotopic (exact) mass is 491 g/mol. The SMILES string of the molecule is CCn1c(C2CCN(C(=O)c3ccc(S(=O)(=O)N4CCCC4)cc3)CC2)nn(CCOC)c1=O. The Kier molecular flexibility index (Phi) is 7.54. The van der Waals surface area contributed by atoms with E-state index in [0.29, 0.717) is 64.3 Å². The molecule has 0 N–H and O–H groups in total. The smallest absolute Gasteiger partial charge is 0.345 e. The molecule has 2 aliphatic rings. The molecule has 0 atom stereocenters. The van der Waals surface area contributed by atoms with E-state index < -0.39 is 10.0 Å². The van der Waals surface area contributed by atoms with Crippen LogP contribution in [0, 0.1) is 0 Å². The average molecular weight is 492 g/mol. The molecule has 2 aliphatic heterocycles. The molecule has 0 saturated carbocycles. The molecule has 2 aromatic rings. The molecule has 0 unspecified atom stereocenters. The van der Waals surface area contributed by atoms with E-state index in [1.165, 1.54) is 21.1 Å². The maximum Gasteiger partial charge on any atom is 0.345 e. The van der Waals surface area contributed by atoms with Crippen molar-refractivity contribution in [2.24, 2.45) is 0 Å². The molecule has 0 spiro atoms. The minimum atomic E-state index is -3.49. The summed E-state index contributed by atoms with van der Waals surface area (Å²) in [6.45, 7) is 5.52. The molecule has 10 nitrogen and oxygen atoms in total. The van der Waals surface area contributed by atoms with E-state index in [4.69, 9.17) is 4.74 Å². The second-order valence-electron chi connectivity index (χ2n) is 8.80. The third-order valence-corrected chi connectivity index (χ3v) is 8.64. The zero-order valence-corrected chi connectivity index (χ0v) is 20.7. The van der Waals surface area contributed by atoms with Gasteiger partial charge in [-0.25, -0.2) is 17.9 Å². The van der Waals surface area contributed by atoms with Crippen molar-refractivity contribution in [3.8, 4) is 0 Å². The molecule has 2 saturated heterocycles. The van der Waals surface area contributed by atoms with Gasteiger partial charge in [0.2, 0.25) is 10.0 Å². The molecule has 1 aromatic heterocycles. The zero-order valence-electron chi connectivity index (χ0n) is 19.9. The molecule has 1 aromatic carbocycles. The van der Waals surface area contributed by atoms with Gasteiger partial charge in [0.05, 0.1) is 18.0 Å². The molecule has 3 heterocycles. The second-order valence-corrected chi connectivity index (χ2v) is 10.7. The number of piperidine rings is 1. The van der Waals surface area contributed by atoms with Crippen molar-refractivity contribution >= 4 is 15.9 Å². The van der Waals surface area contributed by atoms with Crippen LogP contribution >= 0.6 is 0 Å². The van der Waals surface area contributed by atoms with E-state index in [1.807, 2.05) is 6.92 Å². The van der Waals surface area contributed by atoms with Crippen LogP contribution in [0.5, 0.6) is 0 Å². The molecule has 34 heavy (non-hydrogen) atoms. The number of carbonyl (C=O) groups is 1. The van der Waals surface area contributed by atoms with E-state index in [0.717, 1.165) is 18.7 Å². The maximum atomic E-state index is 13.0. The van der Waals surface area contributed by atoms with Crippen LogP contribution in [0.2, 0.25) is 0 Å². The molecule has 1 amide bonds. The number of hydrogen-bond acceptors (Lipinski definition) is 6. The fourth-order valence-electron chi connectivity index (χ4n) is 4.75. The van der Waals surface area contributed by atoms with Crippen molar-refractivity contribution in [2.75, 3.05) is 39.9 Å². The molecule has 0 bridgehead atoms. The lowest BCUT2D eigenvalue weighted by Crippen LogP contribution is -2.38. The number of ether oxygens (including phenoxy) is 1. The van der Waals surface area contributed by atoms with Crippen LogP contribution in [-0.4, -0.2) is 77.8 Å². The molecule has 11 heteroatoms. The fraction of sp³-hybridized carbons (Fsp3) is 0.609. The summed E-state index contributed by atoms with van der Waals surface area (Å²) in [4.78, 5) is 27.7. The first-order chi connectivity index (χ1) is 16.4. The number of hydrogen-bond donors (Lipinski definition) is 0. The quantitative estimate of drug-likeness (QED) is 0.554. The minimum Gasteiger partial charge on any atom is -0.383 e. The van der Waals surface area contributed by atoms with Crippen LogP contribution < -0.4 is 5.69 Å². The fourth-order valence-corrected chi connectivity index (χ4v) is 6.27. The van der Waals surface area contributed by atoms with Gasteiger partial charge in [0, 0.05) is 51.3 Å². The Labute approximate surface area is 200 Å². The molecule has 186 valence electrons. The summed E-state index contributed by atoms with van der Waals surface area (Å²) in [5.41, 5.74) is 0.352.